The van der Waals surface area contributed by atoms with E-state index in [1.807, 2.05) is 24.5 Å². The Bertz CT molecular complexity index is 1260. The molecule has 8 heteroatoms. The molecule has 0 saturated carbocycles. The number of aromatic amines is 1. The number of H-pyrrole nitrogens is 1. The molecule has 2 unspecified atom stereocenters. The van der Waals surface area contributed by atoms with Crippen molar-refractivity contribution in [2.45, 2.75) is 12.3 Å². The minimum absolute atomic E-state index is 0.0265. The van der Waals surface area contributed by atoms with Crippen molar-refractivity contribution in [3.8, 4) is 0 Å². The van der Waals surface area contributed by atoms with Gasteiger partial charge in [-0.3, -0.25) is 10.0 Å². The maximum Gasteiger partial charge on any atom is 0.164 e. The number of hydrazine groups is 1. The van der Waals surface area contributed by atoms with Crippen LogP contribution >= 0.6 is 11.3 Å². The molecule has 31 heavy (non-hydrogen) atoms. The van der Waals surface area contributed by atoms with E-state index in [4.69, 9.17) is 15.5 Å². The number of morpholine rings is 1. The molecule has 1 fully saturated rings. The minimum Gasteiger partial charge on any atom is -0.383 e. The smallest absolute Gasteiger partial charge is 0.164 e. The fraction of sp³-hybridized carbons (Fsp3) is 0.217. The van der Waals surface area contributed by atoms with E-state index in [2.05, 4.69) is 55.7 Å². The summed E-state index contributed by atoms with van der Waals surface area (Å²) in [6.45, 7) is 2.15. The molecule has 3 aromatic heterocycles. The Hall–Kier alpha value is -3.20. The number of benzene rings is 1. The molecule has 2 atom stereocenters. The molecular formula is C23H22N6OS. The summed E-state index contributed by atoms with van der Waals surface area (Å²) >= 11 is 1.69. The van der Waals surface area contributed by atoms with Gasteiger partial charge in [0.25, 0.3) is 0 Å². The third kappa shape index (κ3) is 3.20. The highest BCUT2D eigenvalue weighted by Crippen LogP contribution is 2.40. The van der Waals surface area contributed by atoms with Crippen molar-refractivity contribution in [1.29, 1.82) is 0 Å². The first-order valence-corrected chi connectivity index (χ1v) is 11.2. The van der Waals surface area contributed by atoms with Gasteiger partial charge in [-0.1, -0.05) is 12.1 Å². The van der Waals surface area contributed by atoms with Crippen molar-refractivity contribution in [2.24, 2.45) is 4.99 Å². The lowest BCUT2D eigenvalue weighted by Crippen LogP contribution is -2.52. The predicted octanol–water partition coefficient (Wildman–Crippen LogP) is 4.13. The highest BCUT2D eigenvalue weighted by molar-refractivity contribution is 7.12. The first-order chi connectivity index (χ1) is 15.3. The van der Waals surface area contributed by atoms with Crippen molar-refractivity contribution >= 4 is 40.0 Å². The van der Waals surface area contributed by atoms with Gasteiger partial charge in [0.15, 0.2) is 6.17 Å². The van der Waals surface area contributed by atoms with Crippen LogP contribution in [0.2, 0.25) is 0 Å². The molecule has 5 heterocycles. The topological polar surface area (TPSA) is 82.8 Å². The molecule has 0 amide bonds. The minimum atomic E-state index is -0.250. The van der Waals surface area contributed by atoms with Crippen LogP contribution in [-0.2, 0) is 4.74 Å². The first-order valence-electron chi connectivity index (χ1n) is 10.3. The number of pyridine rings is 1. The number of nitrogens with one attached hydrogen (secondary N) is 1. The second kappa shape index (κ2) is 7.49. The average Bonchev–Trinajstić information content (AvgIpc) is 3.47. The second-order valence-electron chi connectivity index (χ2n) is 7.74. The van der Waals surface area contributed by atoms with Crippen LogP contribution in [0.5, 0.6) is 0 Å². The van der Waals surface area contributed by atoms with E-state index in [1.54, 1.807) is 17.5 Å². The van der Waals surface area contributed by atoms with Crippen molar-refractivity contribution < 1.29 is 4.74 Å². The lowest BCUT2D eigenvalue weighted by Gasteiger charge is -2.45. The standard InChI is InChI=1S/C23H22N6OS/c24-22-17(2-1-7-26-22)23-27-13-21-19(6-11-31-21)29(23)28-9-10-30-20(14-28)16-4-3-15-5-8-25-18(15)12-16/h1-8,11-13,20,23,25H,9-10,14H2,(H2,24,26). The van der Waals surface area contributed by atoms with Crippen molar-refractivity contribution in [3.05, 3.63) is 76.2 Å². The summed E-state index contributed by atoms with van der Waals surface area (Å²) in [5.74, 6) is 0.510. The number of thiophene rings is 1. The Balaban J connectivity index is 1.36. The van der Waals surface area contributed by atoms with E-state index in [1.165, 1.54) is 10.9 Å². The van der Waals surface area contributed by atoms with Gasteiger partial charge in [0.1, 0.15) is 5.82 Å². The Kier molecular flexibility index (Phi) is 4.48. The normalized spacial score (nSPS) is 21.5. The number of nitrogens with zero attached hydrogens (tertiary/aromatic N) is 4. The average molecular weight is 431 g/mol. The summed E-state index contributed by atoms with van der Waals surface area (Å²) in [5, 5.41) is 7.92. The van der Waals surface area contributed by atoms with E-state index in [0.29, 0.717) is 12.4 Å². The van der Waals surface area contributed by atoms with E-state index in [9.17, 15) is 0 Å². The zero-order valence-corrected chi connectivity index (χ0v) is 17.6. The Morgan fingerprint density at radius 2 is 2.16 bits per heavy atom. The molecule has 6 rings (SSSR count). The van der Waals surface area contributed by atoms with Gasteiger partial charge in [-0.15, -0.1) is 11.3 Å². The number of aliphatic imine (C=N–C) groups is 1. The lowest BCUT2D eigenvalue weighted by molar-refractivity contribution is -0.0377. The largest absolute Gasteiger partial charge is 0.383 e. The highest BCUT2D eigenvalue weighted by Gasteiger charge is 2.35. The number of fused-ring (bicyclic) bond motifs is 2. The summed E-state index contributed by atoms with van der Waals surface area (Å²) in [7, 11) is 0. The number of ether oxygens (including phenoxy) is 1. The predicted molar refractivity (Wildman–Crippen MR) is 124 cm³/mol. The summed E-state index contributed by atoms with van der Waals surface area (Å²) in [4.78, 5) is 13.6. The van der Waals surface area contributed by atoms with Gasteiger partial charge in [0, 0.05) is 42.8 Å². The number of nitrogens with two attached hydrogens (primary N) is 1. The monoisotopic (exact) mass is 430 g/mol. The van der Waals surface area contributed by atoms with Crippen LogP contribution in [0, 0.1) is 0 Å². The van der Waals surface area contributed by atoms with Crippen LogP contribution in [0.15, 0.2) is 65.2 Å². The first kappa shape index (κ1) is 18.6. The van der Waals surface area contributed by atoms with Gasteiger partial charge in [-0.2, -0.15) is 0 Å². The molecule has 0 radical (unpaired) electrons. The van der Waals surface area contributed by atoms with Crippen molar-refractivity contribution in [2.75, 3.05) is 30.4 Å². The van der Waals surface area contributed by atoms with Crippen LogP contribution in [0.1, 0.15) is 28.3 Å². The molecule has 0 aliphatic carbocycles. The van der Waals surface area contributed by atoms with E-state index < -0.39 is 0 Å². The quantitative estimate of drug-likeness (QED) is 0.511. The van der Waals surface area contributed by atoms with Gasteiger partial charge >= 0.3 is 0 Å². The molecular weight excluding hydrogens is 408 g/mol. The SMILES string of the molecule is Nc1ncccc1C1N=Cc2sccc2N1N1CCOC(c2ccc3cc[nH]c3c2)C1. The van der Waals surface area contributed by atoms with Crippen LogP contribution in [0.25, 0.3) is 10.9 Å². The molecule has 2 aliphatic rings. The van der Waals surface area contributed by atoms with E-state index in [-0.39, 0.29) is 12.3 Å². The fourth-order valence-electron chi connectivity index (χ4n) is 4.40. The summed E-state index contributed by atoms with van der Waals surface area (Å²) in [6.07, 6.45) is 5.36. The van der Waals surface area contributed by atoms with E-state index in [0.717, 1.165) is 34.7 Å². The molecule has 3 N–H and O–H groups in total. The van der Waals surface area contributed by atoms with Crippen LogP contribution in [0.3, 0.4) is 0 Å². The van der Waals surface area contributed by atoms with E-state index >= 15 is 0 Å². The molecule has 4 aromatic rings. The van der Waals surface area contributed by atoms with Crippen LogP contribution in [0.4, 0.5) is 11.5 Å². The Morgan fingerprint density at radius 1 is 1.19 bits per heavy atom. The number of aromatic nitrogens is 2. The molecule has 0 spiro atoms. The summed E-state index contributed by atoms with van der Waals surface area (Å²) < 4.78 is 6.19. The zero-order chi connectivity index (χ0) is 20.8. The summed E-state index contributed by atoms with van der Waals surface area (Å²) in [5.41, 5.74) is 10.6. The third-order valence-electron chi connectivity index (χ3n) is 5.93. The molecule has 0 bridgehead atoms. The molecule has 156 valence electrons. The fourth-order valence-corrected chi connectivity index (χ4v) is 5.15. The third-order valence-corrected chi connectivity index (χ3v) is 6.78. The van der Waals surface area contributed by atoms with Crippen LogP contribution in [-0.4, -0.2) is 40.9 Å². The van der Waals surface area contributed by atoms with Crippen molar-refractivity contribution in [1.82, 2.24) is 15.0 Å². The molecule has 1 saturated heterocycles. The number of anilines is 2. The Morgan fingerprint density at radius 3 is 3.10 bits per heavy atom. The summed E-state index contributed by atoms with van der Waals surface area (Å²) in [6, 6.07) is 14.6. The number of hydrogen-bond donors (Lipinski definition) is 2. The number of rotatable bonds is 3. The molecule has 1 aromatic carbocycles. The maximum absolute atomic E-state index is 6.24. The highest BCUT2D eigenvalue weighted by atomic mass is 32.1. The Labute approximate surface area is 183 Å². The van der Waals surface area contributed by atoms with Gasteiger partial charge in [0.2, 0.25) is 0 Å². The zero-order valence-electron chi connectivity index (χ0n) is 16.8. The van der Waals surface area contributed by atoms with Crippen LogP contribution < -0.4 is 10.7 Å². The second-order valence-corrected chi connectivity index (χ2v) is 8.69. The number of nitrogen functional groups attached to an aromatic ring is 1. The van der Waals surface area contributed by atoms with Crippen molar-refractivity contribution in [3.63, 3.8) is 0 Å². The van der Waals surface area contributed by atoms with Gasteiger partial charge in [-0.05, 0) is 46.7 Å². The van der Waals surface area contributed by atoms with Gasteiger partial charge < -0.3 is 15.5 Å². The van der Waals surface area contributed by atoms with Gasteiger partial charge in [-0.25, -0.2) is 9.99 Å². The molecule has 2 aliphatic heterocycles. The maximum atomic E-state index is 6.24. The lowest BCUT2D eigenvalue weighted by atomic mass is 10.1. The number of hydrogen-bond acceptors (Lipinski definition) is 7. The van der Waals surface area contributed by atoms with Gasteiger partial charge in [0.05, 0.1) is 23.3 Å². The molecule has 7 nitrogen and oxygen atoms in total.